The minimum absolute atomic E-state index is 0.139. The zero-order valence-electron chi connectivity index (χ0n) is 11.4. The summed E-state index contributed by atoms with van der Waals surface area (Å²) in [5.74, 6) is -0.206. The minimum atomic E-state index is -3.41. The summed E-state index contributed by atoms with van der Waals surface area (Å²) in [5, 5.41) is 0. The van der Waals surface area contributed by atoms with E-state index in [2.05, 4.69) is 6.58 Å². The average Bonchev–Trinajstić information content (AvgIpc) is 2.81. The molecule has 0 saturated carbocycles. The summed E-state index contributed by atoms with van der Waals surface area (Å²) >= 11 is 0. The lowest BCUT2D eigenvalue weighted by Crippen LogP contribution is -2.42. The van der Waals surface area contributed by atoms with E-state index in [1.807, 2.05) is 24.3 Å². The summed E-state index contributed by atoms with van der Waals surface area (Å²) in [7, 11) is -3.41. The van der Waals surface area contributed by atoms with Crippen LogP contribution in [0.25, 0.3) is 0 Å². The highest BCUT2D eigenvalue weighted by Gasteiger charge is 2.27. The molecule has 1 aromatic carbocycles. The van der Waals surface area contributed by atoms with Crippen molar-refractivity contribution in [2.24, 2.45) is 0 Å². The Hall–Kier alpha value is -1.66. The van der Waals surface area contributed by atoms with E-state index in [9.17, 15) is 13.2 Å². The number of anilines is 1. The van der Waals surface area contributed by atoms with E-state index in [1.54, 1.807) is 4.90 Å². The lowest BCUT2D eigenvalue weighted by molar-refractivity contribution is -0.118. The molecule has 0 spiro atoms. The van der Waals surface area contributed by atoms with Crippen molar-refractivity contribution in [3.63, 3.8) is 0 Å². The van der Waals surface area contributed by atoms with Gasteiger partial charge >= 0.3 is 0 Å². The fourth-order valence-corrected chi connectivity index (χ4v) is 3.02. The molecule has 0 aromatic heterocycles. The van der Waals surface area contributed by atoms with Crippen LogP contribution in [-0.2, 0) is 21.2 Å². The monoisotopic (exact) mass is 294 g/mol. The van der Waals surface area contributed by atoms with Crippen molar-refractivity contribution < 1.29 is 13.2 Å². The van der Waals surface area contributed by atoms with Gasteiger partial charge in [0.1, 0.15) is 0 Å². The van der Waals surface area contributed by atoms with Crippen molar-refractivity contribution in [2.45, 2.75) is 6.42 Å². The van der Waals surface area contributed by atoms with Gasteiger partial charge in [-0.05, 0) is 18.1 Å². The van der Waals surface area contributed by atoms with E-state index in [0.717, 1.165) is 28.2 Å². The number of nitrogens with zero attached hydrogens (tertiary/aromatic N) is 2. The van der Waals surface area contributed by atoms with Crippen LogP contribution < -0.4 is 4.90 Å². The van der Waals surface area contributed by atoms with Crippen molar-refractivity contribution in [3.8, 4) is 0 Å². The maximum Gasteiger partial charge on any atom is 0.242 e. The van der Waals surface area contributed by atoms with Crippen LogP contribution in [0.2, 0.25) is 0 Å². The highest BCUT2D eigenvalue weighted by atomic mass is 32.2. The van der Waals surface area contributed by atoms with E-state index in [-0.39, 0.29) is 19.0 Å². The van der Waals surface area contributed by atoms with Gasteiger partial charge in [-0.2, -0.15) is 4.31 Å². The molecule has 0 unspecified atom stereocenters. The number of hydrogen-bond acceptors (Lipinski definition) is 3. The van der Waals surface area contributed by atoms with E-state index >= 15 is 0 Å². The number of rotatable bonds is 5. The molecule has 20 heavy (non-hydrogen) atoms. The van der Waals surface area contributed by atoms with Gasteiger partial charge < -0.3 is 4.90 Å². The van der Waals surface area contributed by atoms with Crippen molar-refractivity contribution in [1.82, 2.24) is 4.31 Å². The summed E-state index contributed by atoms with van der Waals surface area (Å²) in [6, 6.07) is 7.69. The number of amides is 1. The van der Waals surface area contributed by atoms with Crippen LogP contribution in [0.3, 0.4) is 0 Å². The first kappa shape index (κ1) is 14.7. The van der Waals surface area contributed by atoms with Crippen LogP contribution in [0.4, 0.5) is 5.69 Å². The topological polar surface area (TPSA) is 57.7 Å². The van der Waals surface area contributed by atoms with Crippen molar-refractivity contribution in [3.05, 3.63) is 42.5 Å². The number of fused-ring (bicyclic) bond motifs is 1. The lowest BCUT2D eigenvalue weighted by atomic mass is 10.2. The highest BCUT2D eigenvalue weighted by Crippen LogP contribution is 2.27. The predicted octanol–water partition coefficient (Wildman–Crippen LogP) is 1.02. The molecule has 0 fully saturated rings. The maximum absolute atomic E-state index is 12.3. The van der Waals surface area contributed by atoms with E-state index < -0.39 is 10.0 Å². The van der Waals surface area contributed by atoms with Gasteiger partial charge in [0.2, 0.25) is 15.9 Å². The Morgan fingerprint density at radius 2 is 2.15 bits per heavy atom. The molecule has 2 rings (SSSR count). The van der Waals surface area contributed by atoms with Crippen LogP contribution in [0.5, 0.6) is 0 Å². The number of carbonyl (C=O) groups is 1. The van der Waals surface area contributed by atoms with Gasteiger partial charge in [-0.3, -0.25) is 4.79 Å². The van der Waals surface area contributed by atoms with Crippen molar-refractivity contribution >= 4 is 21.6 Å². The Morgan fingerprint density at radius 3 is 2.80 bits per heavy atom. The molecular formula is C14H18N2O3S. The number of sulfonamides is 1. The van der Waals surface area contributed by atoms with Gasteiger partial charge in [-0.15, -0.1) is 6.58 Å². The molecule has 1 aliphatic rings. The summed E-state index contributed by atoms with van der Waals surface area (Å²) < 4.78 is 24.4. The number of hydrogen-bond donors (Lipinski definition) is 0. The SMILES string of the molecule is C=CCN(CC(=O)N1CCc2ccccc21)S(C)(=O)=O. The molecule has 0 N–H and O–H groups in total. The Labute approximate surface area is 119 Å². The molecule has 1 aromatic rings. The van der Waals surface area contributed by atoms with Crippen LogP contribution in [-0.4, -0.2) is 44.5 Å². The molecule has 0 atom stereocenters. The number of carbonyl (C=O) groups excluding carboxylic acids is 1. The molecule has 0 aliphatic carbocycles. The molecular weight excluding hydrogens is 276 g/mol. The zero-order chi connectivity index (χ0) is 14.8. The van der Waals surface area contributed by atoms with Crippen molar-refractivity contribution in [1.29, 1.82) is 0 Å². The number of benzene rings is 1. The third-order valence-electron chi connectivity index (χ3n) is 3.30. The minimum Gasteiger partial charge on any atom is -0.311 e. The Kier molecular flexibility index (Phi) is 4.25. The van der Waals surface area contributed by atoms with Crippen molar-refractivity contribution in [2.75, 3.05) is 30.8 Å². The Bertz CT molecular complexity index is 625. The Morgan fingerprint density at radius 1 is 1.45 bits per heavy atom. The fraction of sp³-hybridized carbons (Fsp3) is 0.357. The summed E-state index contributed by atoms with van der Waals surface area (Å²) in [5.41, 5.74) is 2.00. The molecule has 1 aliphatic heterocycles. The largest absolute Gasteiger partial charge is 0.311 e. The third-order valence-corrected chi connectivity index (χ3v) is 4.52. The van der Waals surface area contributed by atoms with Gasteiger partial charge in [0.25, 0.3) is 0 Å². The third kappa shape index (κ3) is 3.08. The van der Waals surface area contributed by atoms with Gasteiger partial charge in [0.15, 0.2) is 0 Å². The normalized spacial score (nSPS) is 14.4. The van der Waals surface area contributed by atoms with Gasteiger partial charge in [-0.25, -0.2) is 8.42 Å². The number of para-hydroxylation sites is 1. The van der Waals surface area contributed by atoms with E-state index in [4.69, 9.17) is 0 Å². The molecule has 0 saturated heterocycles. The zero-order valence-corrected chi connectivity index (χ0v) is 12.3. The fourth-order valence-electron chi connectivity index (χ4n) is 2.29. The smallest absolute Gasteiger partial charge is 0.242 e. The van der Waals surface area contributed by atoms with Crippen LogP contribution in [0.15, 0.2) is 36.9 Å². The predicted molar refractivity (Wildman–Crippen MR) is 79.1 cm³/mol. The van der Waals surface area contributed by atoms with E-state index in [1.165, 1.54) is 6.08 Å². The second kappa shape index (κ2) is 5.76. The second-order valence-electron chi connectivity index (χ2n) is 4.77. The summed E-state index contributed by atoms with van der Waals surface area (Å²) in [4.78, 5) is 14.0. The highest BCUT2D eigenvalue weighted by molar-refractivity contribution is 7.88. The Balaban J connectivity index is 2.15. The molecule has 6 heteroatoms. The molecule has 108 valence electrons. The van der Waals surface area contributed by atoms with Gasteiger partial charge in [0.05, 0.1) is 12.8 Å². The quantitative estimate of drug-likeness (QED) is 0.762. The first-order valence-corrected chi connectivity index (χ1v) is 8.22. The molecule has 0 radical (unpaired) electrons. The van der Waals surface area contributed by atoms with Crippen LogP contribution >= 0.6 is 0 Å². The first-order valence-electron chi connectivity index (χ1n) is 6.38. The molecule has 1 amide bonds. The standard InChI is InChI=1S/C14H18N2O3S/c1-3-9-15(20(2,18)19)11-14(17)16-10-8-12-6-4-5-7-13(12)16/h3-7H,1,8-11H2,2H3. The molecule has 0 bridgehead atoms. The molecule has 1 heterocycles. The summed E-state index contributed by atoms with van der Waals surface area (Å²) in [6.45, 7) is 4.11. The second-order valence-corrected chi connectivity index (χ2v) is 6.75. The van der Waals surface area contributed by atoms with Crippen LogP contribution in [0, 0.1) is 0 Å². The maximum atomic E-state index is 12.3. The average molecular weight is 294 g/mol. The first-order chi connectivity index (χ1) is 9.43. The van der Waals surface area contributed by atoms with E-state index in [0.29, 0.717) is 6.54 Å². The van der Waals surface area contributed by atoms with Crippen LogP contribution in [0.1, 0.15) is 5.56 Å². The van der Waals surface area contributed by atoms with Gasteiger partial charge in [-0.1, -0.05) is 24.3 Å². The lowest BCUT2D eigenvalue weighted by Gasteiger charge is -2.22. The van der Waals surface area contributed by atoms with Gasteiger partial charge in [0, 0.05) is 18.8 Å². The molecule has 5 nitrogen and oxygen atoms in total. The summed E-state index contributed by atoms with van der Waals surface area (Å²) in [6.07, 6.45) is 3.39.